The molecular weight excluding hydrogens is 503 g/mol. The van der Waals surface area contributed by atoms with Crippen LogP contribution in [0.5, 0.6) is 0 Å². The Morgan fingerprint density at radius 2 is 1.88 bits per heavy atom. The number of aromatic nitrogens is 2. The van der Waals surface area contributed by atoms with Gasteiger partial charge in [-0.05, 0) is 74.0 Å². The van der Waals surface area contributed by atoms with E-state index in [1.54, 1.807) is 24.4 Å². The number of halogens is 1. The molecule has 1 fully saturated rings. The Labute approximate surface area is 234 Å². The zero-order valence-corrected chi connectivity index (χ0v) is 23.0. The van der Waals surface area contributed by atoms with E-state index in [2.05, 4.69) is 44.0 Å². The number of hydrogen-bond acceptors (Lipinski definition) is 6. The fourth-order valence-corrected chi connectivity index (χ4v) is 4.79. The lowest BCUT2D eigenvalue weighted by atomic mass is 10.0. The van der Waals surface area contributed by atoms with Gasteiger partial charge in [-0.2, -0.15) is 0 Å². The lowest BCUT2D eigenvalue weighted by Gasteiger charge is -2.33. The van der Waals surface area contributed by atoms with Crippen molar-refractivity contribution in [3.05, 3.63) is 94.2 Å². The molecule has 1 aliphatic rings. The number of piperazine rings is 1. The zero-order chi connectivity index (χ0) is 28.2. The van der Waals surface area contributed by atoms with Gasteiger partial charge in [-0.1, -0.05) is 30.0 Å². The number of nitrogen functional groups attached to an aromatic ring is 1. The minimum Gasteiger partial charge on any atom is -0.368 e. The third kappa shape index (κ3) is 6.45. The average Bonchev–Trinajstić information content (AvgIpc) is 2.94. The van der Waals surface area contributed by atoms with Crippen molar-refractivity contribution in [1.29, 1.82) is 0 Å². The Morgan fingerprint density at radius 3 is 2.65 bits per heavy atom. The van der Waals surface area contributed by atoms with Crippen LogP contribution in [0.25, 0.3) is 10.9 Å². The van der Waals surface area contributed by atoms with Crippen molar-refractivity contribution < 1.29 is 9.18 Å². The van der Waals surface area contributed by atoms with E-state index in [-0.39, 0.29) is 11.9 Å². The number of hydrogen-bond donors (Lipinski definition) is 2. The smallest absolute Gasteiger partial charge is 0.255 e. The first-order valence-corrected chi connectivity index (χ1v) is 13.4. The predicted octanol–water partition coefficient (Wildman–Crippen LogP) is 4.95. The van der Waals surface area contributed by atoms with Crippen molar-refractivity contribution >= 4 is 28.4 Å². The number of nitrogens with two attached hydrogens (primary N) is 1. The molecule has 0 saturated carbocycles. The van der Waals surface area contributed by atoms with Crippen molar-refractivity contribution in [2.75, 3.05) is 44.3 Å². The molecule has 8 heteroatoms. The van der Waals surface area contributed by atoms with Gasteiger partial charge < -0.3 is 16.0 Å². The van der Waals surface area contributed by atoms with Crippen LogP contribution >= 0.6 is 0 Å². The van der Waals surface area contributed by atoms with E-state index in [4.69, 9.17) is 5.73 Å². The third-order valence-electron chi connectivity index (χ3n) is 7.26. The predicted molar refractivity (Wildman–Crippen MR) is 158 cm³/mol. The molecule has 4 aromatic rings. The van der Waals surface area contributed by atoms with Crippen LogP contribution in [0.2, 0.25) is 0 Å². The Kier molecular flexibility index (Phi) is 8.06. The number of nitrogens with one attached hydrogen (secondary N) is 1. The summed E-state index contributed by atoms with van der Waals surface area (Å²) in [7, 11) is 2.12. The van der Waals surface area contributed by atoms with E-state index in [1.807, 2.05) is 43.3 Å². The number of rotatable bonds is 5. The van der Waals surface area contributed by atoms with Gasteiger partial charge in [-0.3, -0.25) is 9.69 Å². The maximum Gasteiger partial charge on any atom is 0.255 e. The normalized spacial score (nSPS) is 14.9. The van der Waals surface area contributed by atoms with Crippen LogP contribution in [-0.4, -0.2) is 58.9 Å². The largest absolute Gasteiger partial charge is 0.368 e. The molecule has 1 atom stereocenters. The molecule has 1 aliphatic heterocycles. The van der Waals surface area contributed by atoms with Gasteiger partial charge in [0.25, 0.3) is 5.91 Å². The molecule has 40 heavy (non-hydrogen) atoms. The van der Waals surface area contributed by atoms with Crippen LogP contribution in [0.15, 0.2) is 60.8 Å². The molecule has 1 unspecified atom stereocenters. The standard InChI is InChI=1S/C32H33FN6O/c1-21-4-7-25(17-24(21)8-5-23-6-9-26-19-35-32(34)37-30(26)16-23)31(40)36-28-11-10-27(29(18-28)22(2)33)20-39-14-12-38(3)13-15-39/h4,6-7,9-11,16-19,22H,12-15,20H2,1-3H3,(H,36,40)(H2,34,35,37). The fraction of sp³-hybridized carbons (Fsp3) is 0.281. The fourth-order valence-electron chi connectivity index (χ4n) is 4.79. The molecule has 0 radical (unpaired) electrons. The Hall–Kier alpha value is -4.32. The molecule has 0 aliphatic carbocycles. The van der Waals surface area contributed by atoms with Gasteiger partial charge in [0.1, 0.15) is 6.17 Å². The van der Waals surface area contributed by atoms with Gasteiger partial charge in [0, 0.05) is 66.7 Å². The highest BCUT2D eigenvalue weighted by Crippen LogP contribution is 2.27. The number of nitrogens with zero attached hydrogens (tertiary/aromatic N) is 4. The van der Waals surface area contributed by atoms with Gasteiger partial charge in [-0.15, -0.1) is 0 Å². The summed E-state index contributed by atoms with van der Waals surface area (Å²) in [5.74, 6) is 6.28. The van der Waals surface area contributed by atoms with Gasteiger partial charge in [-0.25, -0.2) is 14.4 Å². The van der Waals surface area contributed by atoms with Crippen molar-refractivity contribution in [3.8, 4) is 11.8 Å². The van der Waals surface area contributed by atoms with Crippen molar-refractivity contribution in [3.63, 3.8) is 0 Å². The summed E-state index contributed by atoms with van der Waals surface area (Å²) in [6.07, 6.45) is 0.540. The molecule has 0 bridgehead atoms. The molecule has 204 valence electrons. The molecule has 5 rings (SSSR count). The number of anilines is 2. The third-order valence-corrected chi connectivity index (χ3v) is 7.26. The van der Waals surface area contributed by atoms with Crippen molar-refractivity contribution in [2.45, 2.75) is 26.6 Å². The van der Waals surface area contributed by atoms with Gasteiger partial charge >= 0.3 is 0 Å². The second-order valence-corrected chi connectivity index (χ2v) is 10.3. The molecule has 1 aromatic heterocycles. The molecule has 3 N–H and O–H groups in total. The summed E-state index contributed by atoms with van der Waals surface area (Å²) in [5.41, 5.74) is 11.5. The SMILES string of the molecule is Cc1ccc(C(=O)Nc2ccc(CN3CCN(C)CC3)c(C(C)F)c2)cc1C#Cc1ccc2cnc(N)nc2c1. The first kappa shape index (κ1) is 27.3. The highest BCUT2D eigenvalue weighted by Gasteiger charge is 2.18. The van der Waals surface area contributed by atoms with Crippen LogP contribution in [0.3, 0.4) is 0 Å². The number of alkyl halides is 1. The monoisotopic (exact) mass is 536 g/mol. The number of amides is 1. The van der Waals surface area contributed by atoms with E-state index < -0.39 is 6.17 Å². The van der Waals surface area contributed by atoms with E-state index in [0.717, 1.165) is 59.3 Å². The van der Waals surface area contributed by atoms with Crippen LogP contribution in [-0.2, 0) is 6.54 Å². The molecule has 3 aromatic carbocycles. The number of carbonyl (C=O) groups excluding carboxylic acids is 1. The number of benzene rings is 3. The molecule has 7 nitrogen and oxygen atoms in total. The van der Waals surface area contributed by atoms with Crippen LogP contribution < -0.4 is 11.1 Å². The lowest BCUT2D eigenvalue weighted by molar-refractivity contribution is 0.102. The summed E-state index contributed by atoms with van der Waals surface area (Å²) >= 11 is 0. The first-order chi connectivity index (χ1) is 19.2. The summed E-state index contributed by atoms with van der Waals surface area (Å²) in [5, 5.41) is 3.82. The molecule has 2 heterocycles. The summed E-state index contributed by atoms with van der Waals surface area (Å²) < 4.78 is 14.6. The Balaban J connectivity index is 1.32. The Morgan fingerprint density at radius 1 is 1.07 bits per heavy atom. The second kappa shape index (κ2) is 11.8. The van der Waals surface area contributed by atoms with Crippen LogP contribution in [0, 0.1) is 18.8 Å². The summed E-state index contributed by atoms with van der Waals surface area (Å²) in [6.45, 7) is 8.11. The van der Waals surface area contributed by atoms with E-state index in [1.165, 1.54) is 6.92 Å². The van der Waals surface area contributed by atoms with Crippen LogP contribution in [0.4, 0.5) is 16.0 Å². The van der Waals surface area contributed by atoms with Gasteiger partial charge in [0.05, 0.1) is 5.52 Å². The van der Waals surface area contributed by atoms with E-state index >= 15 is 0 Å². The minimum atomic E-state index is -1.14. The highest BCUT2D eigenvalue weighted by molar-refractivity contribution is 6.04. The van der Waals surface area contributed by atoms with Gasteiger partial charge in [0.2, 0.25) is 5.95 Å². The lowest BCUT2D eigenvalue weighted by Crippen LogP contribution is -2.44. The average molecular weight is 537 g/mol. The number of aryl methyl sites for hydroxylation is 1. The van der Waals surface area contributed by atoms with E-state index in [9.17, 15) is 9.18 Å². The van der Waals surface area contributed by atoms with Crippen molar-refractivity contribution in [1.82, 2.24) is 19.8 Å². The molecule has 1 saturated heterocycles. The number of carbonyl (C=O) groups is 1. The molecule has 1 amide bonds. The van der Waals surface area contributed by atoms with E-state index in [0.29, 0.717) is 23.4 Å². The minimum absolute atomic E-state index is 0.213. The Bertz CT molecular complexity index is 1620. The molecular formula is C32H33FN6O. The zero-order valence-electron chi connectivity index (χ0n) is 23.0. The topological polar surface area (TPSA) is 87.4 Å². The maximum absolute atomic E-state index is 14.6. The molecule has 0 spiro atoms. The summed E-state index contributed by atoms with van der Waals surface area (Å²) in [6, 6.07) is 16.6. The van der Waals surface area contributed by atoms with Gasteiger partial charge in [0.15, 0.2) is 0 Å². The highest BCUT2D eigenvalue weighted by atomic mass is 19.1. The van der Waals surface area contributed by atoms with Crippen LogP contribution in [0.1, 0.15) is 51.3 Å². The number of fused-ring (bicyclic) bond motifs is 1. The first-order valence-electron chi connectivity index (χ1n) is 13.4. The summed E-state index contributed by atoms with van der Waals surface area (Å²) in [4.78, 5) is 26.1. The quantitative estimate of drug-likeness (QED) is 0.351. The maximum atomic E-state index is 14.6. The number of likely N-dealkylation sites (N-methyl/N-ethyl adjacent to an activating group) is 1. The van der Waals surface area contributed by atoms with Crippen molar-refractivity contribution in [2.24, 2.45) is 0 Å². The second-order valence-electron chi connectivity index (χ2n) is 10.3.